The van der Waals surface area contributed by atoms with Crippen molar-refractivity contribution in [3.05, 3.63) is 77.0 Å². The second kappa shape index (κ2) is 7.72. The van der Waals surface area contributed by atoms with Crippen LogP contribution in [-0.4, -0.2) is 33.8 Å². The first-order valence-corrected chi connectivity index (χ1v) is 11.3. The molecule has 3 aromatic rings. The zero-order valence-corrected chi connectivity index (χ0v) is 17.9. The third-order valence-electron chi connectivity index (χ3n) is 5.32. The first-order chi connectivity index (χ1) is 13.8. The molecule has 6 nitrogen and oxygen atoms in total. The van der Waals surface area contributed by atoms with Crippen LogP contribution in [0.5, 0.6) is 0 Å². The Morgan fingerprint density at radius 3 is 2.69 bits per heavy atom. The largest absolute Gasteiger partial charge is 0.339 e. The Hall–Kier alpha value is -2.51. The minimum absolute atomic E-state index is 0.0968. The second-order valence-electron chi connectivity index (χ2n) is 7.86. The van der Waals surface area contributed by atoms with E-state index in [9.17, 15) is 8.42 Å². The van der Waals surface area contributed by atoms with Gasteiger partial charge in [-0.15, -0.1) is 0 Å². The van der Waals surface area contributed by atoms with Crippen molar-refractivity contribution < 1.29 is 8.42 Å². The lowest BCUT2D eigenvalue weighted by atomic mass is 10.0. The van der Waals surface area contributed by atoms with Crippen molar-refractivity contribution in [1.82, 2.24) is 18.8 Å². The number of pyridine rings is 1. The van der Waals surface area contributed by atoms with E-state index >= 15 is 0 Å². The van der Waals surface area contributed by atoms with E-state index in [1.54, 1.807) is 22.1 Å². The monoisotopic (exact) mass is 410 g/mol. The van der Waals surface area contributed by atoms with E-state index in [1.165, 1.54) is 17.5 Å². The zero-order valence-electron chi connectivity index (χ0n) is 17.0. The van der Waals surface area contributed by atoms with Gasteiger partial charge < -0.3 is 4.57 Å². The molecule has 0 radical (unpaired) electrons. The highest BCUT2D eigenvalue weighted by Gasteiger charge is 2.38. The zero-order chi connectivity index (χ0) is 20.6. The molecule has 1 aliphatic rings. The number of nitrogens with zero attached hydrogens (tertiary/aromatic N) is 4. The van der Waals surface area contributed by atoms with Crippen molar-refractivity contribution in [1.29, 1.82) is 0 Å². The molecule has 0 saturated carbocycles. The number of hydrogen-bond acceptors (Lipinski definition) is 4. The van der Waals surface area contributed by atoms with E-state index in [2.05, 4.69) is 48.3 Å². The summed E-state index contributed by atoms with van der Waals surface area (Å²) in [5, 5.41) is 0.0968. The molecule has 0 N–H and O–H groups in total. The molecule has 29 heavy (non-hydrogen) atoms. The predicted octanol–water partition coefficient (Wildman–Crippen LogP) is 3.55. The van der Waals surface area contributed by atoms with Crippen LogP contribution < -0.4 is 0 Å². The predicted molar refractivity (Wildman–Crippen MR) is 112 cm³/mol. The summed E-state index contributed by atoms with van der Waals surface area (Å²) in [6, 6.07) is 12.4. The molecule has 3 heterocycles. The highest BCUT2D eigenvalue weighted by atomic mass is 32.2. The van der Waals surface area contributed by atoms with Crippen LogP contribution in [0.3, 0.4) is 0 Å². The average Bonchev–Trinajstić information content (AvgIpc) is 3.31. The normalized spacial score (nSPS) is 17.7. The molecule has 2 aromatic heterocycles. The number of benzene rings is 1. The van der Waals surface area contributed by atoms with Gasteiger partial charge in [0.15, 0.2) is 5.03 Å². The first kappa shape index (κ1) is 19.8. The Labute approximate surface area is 172 Å². The molecule has 0 aliphatic carbocycles. The van der Waals surface area contributed by atoms with Crippen LogP contribution in [0.2, 0.25) is 0 Å². The minimum atomic E-state index is -3.64. The number of rotatable bonds is 5. The smallest absolute Gasteiger partial charge is 0.262 e. The SMILES string of the molecule is Cc1cccc(Cc2cc(C)nc([C@@H]3CCCN3S(=O)(=O)c3cn(C)cn3)c2)c1. The Balaban J connectivity index is 1.66. The van der Waals surface area contributed by atoms with Crippen LogP contribution >= 0.6 is 0 Å². The Morgan fingerprint density at radius 1 is 1.14 bits per heavy atom. The van der Waals surface area contributed by atoms with E-state index in [-0.39, 0.29) is 11.1 Å². The molecule has 0 unspecified atom stereocenters. The van der Waals surface area contributed by atoms with Crippen LogP contribution in [0, 0.1) is 13.8 Å². The lowest BCUT2D eigenvalue weighted by Gasteiger charge is -2.23. The summed E-state index contributed by atoms with van der Waals surface area (Å²) >= 11 is 0. The van der Waals surface area contributed by atoms with Gasteiger partial charge in [-0.05, 0) is 56.4 Å². The second-order valence-corrected chi connectivity index (χ2v) is 9.70. The average molecular weight is 411 g/mol. The number of imidazole rings is 1. The summed E-state index contributed by atoms with van der Waals surface area (Å²) in [5.41, 5.74) is 5.36. The van der Waals surface area contributed by atoms with Gasteiger partial charge in [0.25, 0.3) is 10.0 Å². The molecule has 1 atom stereocenters. The van der Waals surface area contributed by atoms with Gasteiger partial charge in [-0.3, -0.25) is 4.98 Å². The molecule has 0 spiro atoms. The molecular formula is C22H26N4O2S. The van der Waals surface area contributed by atoms with Crippen LogP contribution in [0.4, 0.5) is 0 Å². The van der Waals surface area contributed by atoms with E-state index in [1.807, 2.05) is 6.92 Å². The third kappa shape index (κ3) is 4.11. The summed E-state index contributed by atoms with van der Waals surface area (Å²) in [5.74, 6) is 0. The third-order valence-corrected chi connectivity index (χ3v) is 7.12. The van der Waals surface area contributed by atoms with Crippen molar-refractivity contribution in [2.45, 2.75) is 44.2 Å². The molecule has 1 aliphatic heterocycles. The fraction of sp³-hybridized carbons (Fsp3) is 0.364. The van der Waals surface area contributed by atoms with Crippen molar-refractivity contribution in [3.63, 3.8) is 0 Å². The summed E-state index contributed by atoms with van der Waals surface area (Å²) in [6.07, 6.45) is 5.46. The molecule has 7 heteroatoms. The number of aromatic nitrogens is 3. The molecule has 0 bridgehead atoms. The summed E-state index contributed by atoms with van der Waals surface area (Å²) in [4.78, 5) is 8.78. The van der Waals surface area contributed by atoms with E-state index < -0.39 is 10.0 Å². The van der Waals surface area contributed by atoms with Gasteiger partial charge in [0.1, 0.15) is 0 Å². The first-order valence-electron chi connectivity index (χ1n) is 9.86. The Morgan fingerprint density at radius 2 is 1.97 bits per heavy atom. The molecule has 152 valence electrons. The quantitative estimate of drug-likeness (QED) is 0.645. The highest BCUT2D eigenvalue weighted by molar-refractivity contribution is 7.89. The minimum Gasteiger partial charge on any atom is -0.339 e. The van der Waals surface area contributed by atoms with Gasteiger partial charge in [0, 0.05) is 25.5 Å². The van der Waals surface area contributed by atoms with Crippen molar-refractivity contribution in [2.24, 2.45) is 7.05 Å². The molecule has 1 fully saturated rings. The summed E-state index contributed by atoms with van der Waals surface area (Å²) in [6.45, 7) is 4.55. The highest BCUT2D eigenvalue weighted by Crippen LogP contribution is 2.36. The summed E-state index contributed by atoms with van der Waals surface area (Å²) in [7, 11) is -1.87. The molecule has 4 rings (SSSR count). The standard InChI is InChI=1S/C22H26N4O2S/c1-16-6-4-7-18(10-16)12-19-11-17(2)24-20(13-19)21-8-5-9-26(21)29(27,28)22-14-25(3)15-23-22/h4,6-7,10-11,13-15,21H,5,8-9,12H2,1-3H3/t21-/m0/s1. The van der Waals surface area contributed by atoms with Gasteiger partial charge in [-0.2, -0.15) is 4.31 Å². The molecule has 1 aromatic carbocycles. The Bertz CT molecular complexity index is 1140. The maximum Gasteiger partial charge on any atom is 0.262 e. The van der Waals surface area contributed by atoms with E-state index in [4.69, 9.17) is 4.98 Å². The van der Waals surface area contributed by atoms with Crippen LogP contribution in [0.15, 0.2) is 53.9 Å². The maximum absolute atomic E-state index is 13.2. The lowest BCUT2D eigenvalue weighted by Crippen LogP contribution is -2.31. The van der Waals surface area contributed by atoms with Crippen molar-refractivity contribution in [2.75, 3.05) is 6.54 Å². The van der Waals surface area contributed by atoms with E-state index in [0.29, 0.717) is 6.54 Å². The Kier molecular flexibility index (Phi) is 5.27. The van der Waals surface area contributed by atoms with Gasteiger partial charge >= 0.3 is 0 Å². The van der Waals surface area contributed by atoms with Crippen molar-refractivity contribution >= 4 is 10.0 Å². The summed E-state index contributed by atoms with van der Waals surface area (Å²) < 4.78 is 29.5. The topological polar surface area (TPSA) is 68.1 Å². The number of sulfonamides is 1. The van der Waals surface area contributed by atoms with Crippen LogP contribution in [-0.2, 0) is 23.5 Å². The fourth-order valence-corrected chi connectivity index (χ4v) is 5.70. The van der Waals surface area contributed by atoms with Gasteiger partial charge in [0.2, 0.25) is 0 Å². The molecule has 0 amide bonds. The maximum atomic E-state index is 13.2. The van der Waals surface area contributed by atoms with Crippen molar-refractivity contribution in [3.8, 4) is 0 Å². The lowest BCUT2D eigenvalue weighted by molar-refractivity contribution is 0.388. The van der Waals surface area contributed by atoms with Gasteiger partial charge in [-0.25, -0.2) is 13.4 Å². The van der Waals surface area contributed by atoms with Crippen LogP contribution in [0.1, 0.15) is 47.0 Å². The number of aryl methyl sites for hydroxylation is 3. The van der Waals surface area contributed by atoms with Gasteiger partial charge in [-0.1, -0.05) is 29.8 Å². The molecule has 1 saturated heterocycles. The van der Waals surface area contributed by atoms with E-state index in [0.717, 1.165) is 36.2 Å². The molecular weight excluding hydrogens is 384 g/mol. The fourth-order valence-electron chi connectivity index (χ4n) is 4.06. The number of hydrogen-bond donors (Lipinski definition) is 0. The van der Waals surface area contributed by atoms with Gasteiger partial charge in [0.05, 0.1) is 18.1 Å². The van der Waals surface area contributed by atoms with Crippen LogP contribution in [0.25, 0.3) is 0 Å².